The number of carbonyl (C=O) groups excluding carboxylic acids is 1. The minimum absolute atomic E-state index is 0.126. The molecule has 2 rings (SSSR count). The Kier molecular flexibility index (Phi) is 5.53. The molecule has 0 radical (unpaired) electrons. The van der Waals surface area contributed by atoms with Crippen LogP contribution in [-0.4, -0.2) is 25.7 Å². The Balaban J connectivity index is 2.06. The van der Waals surface area contributed by atoms with Gasteiger partial charge in [0.05, 0.1) is 18.2 Å². The molecule has 1 aromatic carbocycles. The first-order valence-electron chi connectivity index (χ1n) is 7.09. The lowest BCUT2D eigenvalue weighted by atomic mass is 10.1. The zero-order valence-corrected chi connectivity index (χ0v) is 12.5. The standard InChI is InChI=1S/C15H20ClNO3/c1-2-3-4-6-17-15(18)11-9-12(16)14-13(10-11)19-7-5-8-20-14/h9-10H,2-8H2,1H3,(H,17,18). The summed E-state index contributed by atoms with van der Waals surface area (Å²) in [6, 6.07) is 3.33. The van der Waals surface area contributed by atoms with Gasteiger partial charge in [-0.2, -0.15) is 0 Å². The molecule has 20 heavy (non-hydrogen) atoms. The summed E-state index contributed by atoms with van der Waals surface area (Å²) < 4.78 is 11.1. The van der Waals surface area contributed by atoms with Crippen molar-refractivity contribution >= 4 is 17.5 Å². The first-order chi connectivity index (χ1) is 9.72. The topological polar surface area (TPSA) is 47.6 Å². The molecule has 1 aliphatic rings. The van der Waals surface area contributed by atoms with Gasteiger partial charge in [0.2, 0.25) is 0 Å². The molecule has 0 bridgehead atoms. The van der Waals surface area contributed by atoms with Gasteiger partial charge >= 0.3 is 0 Å². The van der Waals surface area contributed by atoms with Gasteiger partial charge in [-0.15, -0.1) is 0 Å². The van der Waals surface area contributed by atoms with E-state index in [1.807, 2.05) is 0 Å². The number of carbonyl (C=O) groups is 1. The van der Waals surface area contributed by atoms with Crippen molar-refractivity contribution in [1.82, 2.24) is 5.32 Å². The van der Waals surface area contributed by atoms with Crippen LogP contribution in [0, 0.1) is 0 Å². The van der Waals surface area contributed by atoms with Crippen molar-refractivity contribution in [2.24, 2.45) is 0 Å². The van der Waals surface area contributed by atoms with Gasteiger partial charge < -0.3 is 14.8 Å². The molecule has 0 atom stereocenters. The molecule has 5 heteroatoms. The maximum absolute atomic E-state index is 12.1. The summed E-state index contributed by atoms with van der Waals surface area (Å²) in [6.45, 7) is 3.96. The minimum Gasteiger partial charge on any atom is -0.489 e. The second-order valence-corrected chi connectivity index (χ2v) is 5.21. The first kappa shape index (κ1) is 15.0. The zero-order valence-electron chi connectivity index (χ0n) is 11.7. The predicted octanol–water partition coefficient (Wildman–Crippen LogP) is 3.42. The molecule has 1 heterocycles. The molecule has 1 N–H and O–H groups in total. The molecule has 1 aromatic rings. The van der Waals surface area contributed by atoms with Crippen LogP contribution in [0.1, 0.15) is 43.0 Å². The lowest BCUT2D eigenvalue weighted by Gasteiger charge is -2.11. The van der Waals surface area contributed by atoms with Crippen LogP contribution in [0.4, 0.5) is 0 Å². The molecule has 110 valence electrons. The van der Waals surface area contributed by atoms with Crippen LogP contribution in [0.5, 0.6) is 11.5 Å². The molecule has 1 amide bonds. The van der Waals surface area contributed by atoms with Gasteiger partial charge in [-0.25, -0.2) is 0 Å². The van der Waals surface area contributed by atoms with Crippen molar-refractivity contribution in [3.8, 4) is 11.5 Å². The van der Waals surface area contributed by atoms with Crippen molar-refractivity contribution < 1.29 is 14.3 Å². The molecule has 4 nitrogen and oxygen atoms in total. The van der Waals surface area contributed by atoms with Gasteiger partial charge in [-0.1, -0.05) is 31.4 Å². The molecule has 0 aliphatic carbocycles. The number of nitrogens with one attached hydrogen (secondary N) is 1. The Labute approximate surface area is 124 Å². The van der Waals surface area contributed by atoms with Crippen LogP contribution in [0.3, 0.4) is 0 Å². The monoisotopic (exact) mass is 297 g/mol. The van der Waals surface area contributed by atoms with Crippen molar-refractivity contribution in [1.29, 1.82) is 0 Å². The van der Waals surface area contributed by atoms with Gasteiger partial charge in [0.25, 0.3) is 5.91 Å². The number of rotatable bonds is 5. The van der Waals surface area contributed by atoms with Crippen LogP contribution >= 0.6 is 11.6 Å². The van der Waals surface area contributed by atoms with Crippen molar-refractivity contribution in [2.45, 2.75) is 32.6 Å². The highest BCUT2D eigenvalue weighted by atomic mass is 35.5. The minimum atomic E-state index is -0.126. The Morgan fingerprint density at radius 2 is 2.10 bits per heavy atom. The van der Waals surface area contributed by atoms with Crippen LogP contribution in [0.15, 0.2) is 12.1 Å². The fourth-order valence-electron chi connectivity index (χ4n) is 2.04. The smallest absolute Gasteiger partial charge is 0.251 e. The lowest BCUT2D eigenvalue weighted by Crippen LogP contribution is -2.24. The highest BCUT2D eigenvalue weighted by Gasteiger charge is 2.18. The predicted molar refractivity (Wildman–Crippen MR) is 78.9 cm³/mol. The highest BCUT2D eigenvalue weighted by Crippen LogP contribution is 2.37. The third-order valence-corrected chi connectivity index (χ3v) is 3.41. The summed E-state index contributed by atoms with van der Waals surface area (Å²) >= 11 is 6.16. The fraction of sp³-hybridized carbons (Fsp3) is 0.533. The van der Waals surface area contributed by atoms with Gasteiger partial charge in [-0.3, -0.25) is 4.79 Å². The van der Waals surface area contributed by atoms with Crippen LogP contribution < -0.4 is 14.8 Å². The average Bonchev–Trinajstić information content (AvgIpc) is 2.69. The summed E-state index contributed by atoms with van der Waals surface area (Å²) in [5.41, 5.74) is 0.510. The number of halogens is 1. The molecule has 1 aliphatic heterocycles. The van der Waals surface area contributed by atoms with E-state index < -0.39 is 0 Å². The molecular weight excluding hydrogens is 278 g/mol. The Morgan fingerprint density at radius 3 is 2.90 bits per heavy atom. The molecule has 0 saturated carbocycles. The Morgan fingerprint density at radius 1 is 1.30 bits per heavy atom. The number of unbranched alkanes of at least 4 members (excludes halogenated alkanes) is 2. The number of amides is 1. The van der Waals surface area contributed by atoms with Crippen LogP contribution in [0.25, 0.3) is 0 Å². The maximum Gasteiger partial charge on any atom is 0.251 e. The number of ether oxygens (including phenoxy) is 2. The largest absolute Gasteiger partial charge is 0.489 e. The Bertz CT molecular complexity index is 476. The second-order valence-electron chi connectivity index (χ2n) is 4.80. The van der Waals surface area contributed by atoms with Crippen molar-refractivity contribution in [3.05, 3.63) is 22.7 Å². The average molecular weight is 298 g/mol. The molecule has 0 fully saturated rings. The summed E-state index contributed by atoms with van der Waals surface area (Å²) in [5.74, 6) is 0.957. The summed E-state index contributed by atoms with van der Waals surface area (Å²) in [6.07, 6.45) is 4.04. The normalized spacial score (nSPS) is 13.7. The summed E-state index contributed by atoms with van der Waals surface area (Å²) in [4.78, 5) is 12.1. The van der Waals surface area contributed by atoms with E-state index in [1.165, 1.54) is 0 Å². The van der Waals surface area contributed by atoms with E-state index in [-0.39, 0.29) is 5.91 Å². The SMILES string of the molecule is CCCCCNC(=O)c1cc(Cl)c2c(c1)OCCCO2. The van der Waals surface area contributed by atoms with E-state index in [9.17, 15) is 4.79 Å². The molecule has 0 aromatic heterocycles. The molecular formula is C15H20ClNO3. The quantitative estimate of drug-likeness (QED) is 0.847. The number of fused-ring (bicyclic) bond motifs is 1. The summed E-state index contributed by atoms with van der Waals surface area (Å²) in [5, 5.41) is 3.31. The van der Waals surface area contributed by atoms with Gasteiger partial charge in [-0.05, 0) is 18.6 Å². The second kappa shape index (κ2) is 7.39. The first-order valence-corrected chi connectivity index (χ1v) is 7.47. The number of hydrogen-bond donors (Lipinski definition) is 1. The van der Waals surface area contributed by atoms with E-state index in [2.05, 4.69) is 12.2 Å². The maximum atomic E-state index is 12.1. The fourth-order valence-corrected chi connectivity index (χ4v) is 2.31. The zero-order chi connectivity index (χ0) is 14.4. The highest BCUT2D eigenvalue weighted by molar-refractivity contribution is 6.32. The number of hydrogen-bond acceptors (Lipinski definition) is 3. The number of benzene rings is 1. The van der Waals surface area contributed by atoms with E-state index in [1.54, 1.807) is 12.1 Å². The molecule has 0 unspecified atom stereocenters. The van der Waals surface area contributed by atoms with Crippen molar-refractivity contribution in [2.75, 3.05) is 19.8 Å². The lowest BCUT2D eigenvalue weighted by molar-refractivity contribution is 0.0952. The summed E-state index contributed by atoms with van der Waals surface area (Å²) in [7, 11) is 0. The van der Waals surface area contributed by atoms with Gasteiger partial charge in [0, 0.05) is 18.5 Å². The third-order valence-electron chi connectivity index (χ3n) is 3.13. The van der Waals surface area contributed by atoms with E-state index in [0.717, 1.165) is 25.7 Å². The van der Waals surface area contributed by atoms with Crippen molar-refractivity contribution in [3.63, 3.8) is 0 Å². The van der Waals surface area contributed by atoms with E-state index in [0.29, 0.717) is 41.8 Å². The van der Waals surface area contributed by atoms with Crippen LogP contribution in [0.2, 0.25) is 5.02 Å². The Hall–Kier alpha value is -1.42. The molecule has 0 spiro atoms. The molecule has 0 saturated heterocycles. The van der Waals surface area contributed by atoms with E-state index >= 15 is 0 Å². The third kappa shape index (κ3) is 3.79. The van der Waals surface area contributed by atoms with Crippen LogP contribution in [-0.2, 0) is 0 Å². The van der Waals surface area contributed by atoms with E-state index in [4.69, 9.17) is 21.1 Å². The van der Waals surface area contributed by atoms with Gasteiger partial charge in [0.1, 0.15) is 0 Å². The van der Waals surface area contributed by atoms with Gasteiger partial charge in [0.15, 0.2) is 11.5 Å².